The Morgan fingerprint density at radius 2 is 1.87 bits per heavy atom. The van der Waals surface area contributed by atoms with Crippen molar-refractivity contribution in [2.45, 2.75) is 83.3 Å². The average Bonchev–Trinajstić information content (AvgIpc) is 2.91. The van der Waals surface area contributed by atoms with Crippen LogP contribution in [0.1, 0.15) is 77.2 Å². The van der Waals surface area contributed by atoms with Crippen molar-refractivity contribution in [3.8, 4) is 0 Å². The number of anilines is 1. The zero-order valence-electron chi connectivity index (χ0n) is 23.5. The predicted octanol–water partition coefficient (Wildman–Crippen LogP) is 6.81. The first kappa shape index (κ1) is 28.8. The van der Waals surface area contributed by atoms with Gasteiger partial charge in [0.25, 0.3) is 0 Å². The second-order valence-corrected chi connectivity index (χ2v) is 13.6. The van der Waals surface area contributed by atoms with E-state index in [1.54, 1.807) is 6.08 Å². The second kappa shape index (κ2) is 12.0. The minimum absolute atomic E-state index is 0.00568. The van der Waals surface area contributed by atoms with Crippen molar-refractivity contribution in [1.29, 1.82) is 0 Å². The average molecular weight is 576 g/mol. The van der Waals surface area contributed by atoms with E-state index in [0.717, 1.165) is 56.4 Å². The van der Waals surface area contributed by atoms with Crippen molar-refractivity contribution in [3.63, 3.8) is 0 Å². The van der Waals surface area contributed by atoms with E-state index < -0.39 is 0 Å². The van der Waals surface area contributed by atoms with Gasteiger partial charge in [0.1, 0.15) is 6.10 Å². The van der Waals surface area contributed by atoms with Crippen molar-refractivity contribution in [2.75, 3.05) is 29.7 Å². The van der Waals surface area contributed by atoms with Crippen LogP contribution in [0.3, 0.4) is 0 Å². The molecule has 0 bridgehead atoms. The Balaban J connectivity index is 1.18. The largest absolute Gasteiger partial charge is 0.459 e. The Morgan fingerprint density at radius 3 is 2.64 bits per heavy atom. The van der Waals surface area contributed by atoms with Crippen LogP contribution in [-0.4, -0.2) is 48.4 Å². The number of halogens is 2. The highest BCUT2D eigenvalue weighted by Crippen LogP contribution is 2.62. The molecular formula is C32H44Cl2N2O3. The number of rotatable bonds is 8. The molecule has 5 nitrogen and oxygen atoms in total. The quantitative estimate of drug-likeness (QED) is 0.210. The summed E-state index contributed by atoms with van der Waals surface area (Å²) in [4.78, 5) is 27.1. The normalized spacial score (nSPS) is 35.9. The van der Waals surface area contributed by atoms with Crippen LogP contribution in [0.25, 0.3) is 6.08 Å². The first-order chi connectivity index (χ1) is 18.8. The molecule has 39 heavy (non-hydrogen) atoms. The fourth-order valence-corrected chi connectivity index (χ4v) is 9.18. The summed E-state index contributed by atoms with van der Waals surface area (Å²) in [6.07, 6.45) is 12.9. The minimum atomic E-state index is -0.257. The van der Waals surface area contributed by atoms with E-state index >= 15 is 0 Å². The van der Waals surface area contributed by atoms with Gasteiger partial charge in [-0.25, -0.2) is 4.79 Å². The van der Waals surface area contributed by atoms with Crippen LogP contribution in [0.15, 0.2) is 30.3 Å². The van der Waals surface area contributed by atoms with Crippen molar-refractivity contribution in [1.82, 2.24) is 5.32 Å². The predicted molar refractivity (Wildman–Crippen MR) is 159 cm³/mol. The SMILES string of the molecule is C[C@]12CC[C@H](OC(=O)/C=C/c3cccc(N(CCCl)CCCl)c3)C[C@@H]1CC[C@@H]1[C@@H]2CC[C@]2(C)NC(=O)CC[C@@H]12. The molecule has 0 radical (unpaired) electrons. The molecule has 3 saturated carbocycles. The molecule has 7 heteroatoms. The first-order valence-electron chi connectivity index (χ1n) is 14.9. The van der Waals surface area contributed by atoms with E-state index in [-0.39, 0.29) is 23.5 Å². The molecule has 0 aromatic heterocycles. The number of esters is 1. The Morgan fingerprint density at radius 1 is 1.08 bits per heavy atom. The molecule has 0 unspecified atom stereocenters. The number of piperidine rings is 1. The number of carbonyl (C=O) groups excluding carboxylic acids is 2. The van der Waals surface area contributed by atoms with Gasteiger partial charge in [-0.15, -0.1) is 23.2 Å². The summed E-state index contributed by atoms with van der Waals surface area (Å²) in [7, 11) is 0. The molecule has 4 aliphatic rings. The maximum Gasteiger partial charge on any atom is 0.331 e. The smallest absolute Gasteiger partial charge is 0.331 e. The molecule has 0 spiro atoms. The summed E-state index contributed by atoms with van der Waals surface area (Å²) in [5, 5.41) is 3.37. The molecule has 214 valence electrons. The van der Waals surface area contributed by atoms with Gasteiger partial charge in [-0.2, -0.15) is 0 Å². The third-order valence-electron chi connectivity index (χ3n) is 10.8. The van der Waals surface area contributed by atoms with Gasteiger partial charge in [0.2, 0.25) is 5.91 Å². The number of nitrogens with one attached hydrogen (secondary N) is 1. The highest BCUT2D eigenvalue weighted by molar-refractivity contribution is 6.18. The maximum atomic E-state index is 12.8. The fourth-order valence-electron chi connectivity index (χ4n) is 8.77. The number of nitrogens with zero attached hydrogens (tertiary/aromatic N) is 1. The van der Waals surface area contributed by atoms with Crippen molar-refractivity contribution < 1.29 is 14.3 Å². The third kappa shape index (κ3) is 6.00. The summed E-state index contributed by atoms with van der Waals surface area (Å²) in [5.74, 6) is 3.65. The number of fused-ring (bicyclic) bond motifs is 5. The van der Waals surface area contributed by atoms with Gasteiger partial charge < -0.3 is 15.0 Å². The zero-order valence-corrected chi connectivity index (χ0v) is 25.0. The summed E-state index contributed by atoms with van der Waals surface area (Å²) < 4.78 is 5.99. The molecule has 3 aliphatic carbocycles. The standard InChI is InChI=1S/C32H44Cl2N2O3/c1-31-14-12-25(39-30(38)11-6-22-4-3-5-24(20-22)36(18-16-33)19-17-34)21-23(31)7-8-26-27(31)13-15-32(2)28(26)9-10-29(37)35-32/h3-6,11,20,23,25-28H,7-10,12-19,21H2,1-2H3,(H,35,37)/b11-6+/t23-,25-,26+,27-,28-,31-,32-/m0/s1. The Labute approximate surface area is 244 Å². The zero-order chi connectivity index (χ0) is 27.6. The number of hydrogen-bond acceptors (Lipinski definition) is 4. The number of carbonyl (C=O) groups is 2. The molecule has 4 fully saturated rings. The number of benzene rings is 1. The molecular weight excluding hydrogens is 531 g/mol. The molecule has 7 atom stereocenters. The molecule has 1 saturated heterocycles. The van der Waals surface area contributed by atoms with Gasteiger partial charge in [0, 0.05) is 48.6 Å². The molecule has 1 aromatic carbocycles. The Hall–Kier alpha value is -1.72. The second-order valence-electron chi connectivity index (χ2n) is 12.8. The minimum Gasteiger partial charge on any atom is -0.459 e. The summed E-state index contributed by atoms with van der Waals surface area (Å²) in [6.45, 7) is 6.25. The van der Waals surface area contributed by atoms with Gasteiger partial charge in [-0.3, -0.25) is 4.79 Å². The topological polar surface area (TPSA) is 58.6 Å². The van der Waals surface area contributed by atoms with Crippen LogP contribution >= 0.6 is 23.2 Å². The van der Waals surface area contributed by atoms with E-state index in [0.29, 0.717) is 47.3 Å². The molecule has 1 aliphatic heterocycles. The molecule has 1 amide bonds. The molecule has 1 N–H and O–H groups in total. The maximum absolute atomic E-state index is 12.8. The lowest BCUT2D eigenvalue weighted by Crippen LogP contribution is -2.63. The lowest BCUT2D eigenvalue weighted by atomic mass is 9.45. The van der Waals surface area contributed by atoms with Gasteiger partial charge in [-0.1, -0.05) is 19.1 Å². The van der Waals surface area contributed by atoms with E-state index in [1.807, 2.05) is 24.3 Å². The highest BCUT2D eigenvalue weighted by Gasteiger charge is 2.58. The Bertz CT molecular complexity index is 1070. The van der Waals surface area contributed by atoms with Gasteiger partial charge in [0.15, 0.2) is 0 Å². The van der Waals surface area contributed by atoms with Gasteiger partial charge >= 0.3 is 5.97 Å². The summed E-state index contributed by atoms with van der Waals surface area (Å²) in [5.41, 5.74) is 2.29. The number of hydrogen-bond donors (Lipinski definition) is 1. The van der Waals surface area contributed by atoms with Crippen LogP contribution in [0.5, 0.6) is 0 Å². The third-order valence-corrected chi connectivity index (χ3v) is 11.1. The van der Waals surface area contributed by atoms with Crippen LogP contribution in [0.2, 0.25) is 0 Å². The van der Waals surface area contributed by atoms with Gasteiger partial charge in [-0.05, 0) is 111 Å². The summed E-state index contributed by atoms with van der Waals surface area (Å²) in [6, 6.07) is 8.08. The molecule has 5 rings (SSSR count). The van der Waals surface area contributed by atoms with Crippen LogP contribution in [0, 0.1) is 29.1 Å². The van der Waals surface area contributed by atoms with Crippen molar-refractivity contribution >= 4 is 46.8 Å². The van der Waals surface area contributed by atoms with Crippen LogP contribution in [-0.2, 0) is 14.3 Å². The Kier molecular flexibility index (Phi) is 8.88. The number of alkyl halides is 2. The van der Waals surface area contributed by atoms with Crippen LogP contribution in [0.4, 0.5) is 5.69 Å². The van der Waals surface area contributed by atoms with Crippen molar-refractivity contribution in [2.24, 2.45) is 29.1 Å². The first-order valence-corrected chi connectivity index (χ1v) is 16.0. The number of ether oxygens (including phenoxy) is 1. The molecule has 1 aromatic rings. The lowest BCUT2D eigenvalue weighted by Gasteiger charge is -2.62. The van der Waals surface area contributed by atoms with E-state index in [4.69, 9.17) is 27.9 Å². The van der Waals surface area contributed by atoms with E-state index in [1.165, 1.54) is 19.3 Å². The fraction of sp³-hybridized carbons (Fsp3) is 0.688. The van der Waals surface area contributed by atoms with Crippen LogP contribution < -0.4 is 10.2 Å². The molecule has 1 heterocycles. The monoisotopic (exact) mass is 574 g/mol. The van der Waals surface area contributed by atoms with Gasteiger partial charge in [0.05, 0.1) is 0 Å². The van der Waals surface area contributed by atoms with E-state index in [9.17, 15) is 9.59 Å². The lowest BCUT2D eigenvalue weighted by molar-refractivity contribution is -0.158. The van der Waals surface area contributed by atoms with E-state index in [2.05, 4.69) is 30.1 Å². The highest BCUT2D eigenvalue weighted by atomic mass is 35.5. The number of amides is 1. The summed E-state index contributed by atoms with van der Waals surface area (Å²) >= 11 is 11.9. The van der Waals surface area contributed by atoms with Crippen molar-refractivity contribution in [3.05, 3.63) is 35.9 Å².